The number of imidazole rings is 1. The average molecular weight is 170 g/mol. The number of halogens is 1. The number of hydrogen-bond donors (Lipinski definition) is 0. The first kappa shape index (κ1) is 8.01. The number of fused-ring (bicyclic) bond motifs is 1. The molecule has 2 aromatic rings. The number of aryl methyl sites for hydroxylation is 1. The fourth-order valence-corrected chi connectivity index (χ4v) is 0.964. The Kier molecular flexibility index (Phi) is 2.10. The molecule has 0 fully saturated rings. The van der Waals surface area contributed by atoms with E-state index in [4.69, 9.17) is 0 Å². The summed E-state index contributed by atoms with van der Waals surface area (Å²) in [7, 11) is 0. The monoisotopic (exact) mass is 169 g/mol. The summed E-state index contributed by atoms with van der Waals surface area (Å²) in [6.07, 6.45) is 5.35. The quantitative estimate of drug-likeness (QED) is 0.598. The predicted molar refractivity (Wildman–Crippen MR) is 45.0 cm³/mol. The topological polar surface area (TPSA) is 30.2 Å². The summed E-state index contributed by atoms with van der Waals surface area (Å²) in [5.41, 5.74) is 2.09. The lowest BCUT2D eigenvalue weighted by atomic mass is 10.3. The lowest BCUT2D eigenvalue weighted by Crippen LogP contribution is -1.90. The molecule has 0 aromatic carbocycles. The summed E-state index contributed by atoms with van der Waals surface area (Å²) < 4.78 is 1.76. The fourth-order valence-electron chi connectivity index (χ4n) is 0.964. The fraction of sp³-hybridized carbons (Fsp3) is 0.143. The SMILES string of the molecule is Cc1ccnn2ccnc12.Cl. The normalized spacial score (nSPS) is 9.55. The zero-order valence-electron chi connectivity index (χ0n) is 6.06. The van der Waals surface area contributed by atoms with Crippen molar-refractivity contribution in [1.82, 2.24) is 14.6 Å². The van der Waals surface area contributed by atoms with Crippen LogP contribution in [0.1, 0.15) is 5.56 Å². The number of nitrogens with zero attached hydrogens (tertiary/aromatic N) is 3. The van der Waals surface area contributed by atoms with Gasteiger partial charge < -0.3 is 0 Å². The third-order valence-electron chi connectivity index (χ3n) is 1.49. The van der Waals surface area contributed by atoms with E-state index in [0.717, 1.165) is 11.2 Å². The summed E-state index contributed by atoms with van der Waals surface area (Å²) in [5, 5.41) is 4.06. The van der Waals surface area contributed by atoms with Crippen molar-refractivity contribution in [3.05, 3.63) is 30.2 Å². The second-order valence-corrected chi connectivity index (χ2v) is 2.21. The molecule has 0 saturated heterocycles. The van der Waals surface area contributed by atoms with Crippen molar-refractivity contribution in [3.63, 3.8) is 0 Å². The molecule has 4 heteroatoms. The summed E-state index contributed by atoms with van der Waals surface area (Å²) in [5.74, 6) is 0. The Morgan fingerprint density at radius 3 is 2.91 bits per heavy atom. The van der Waals surface area contributed by atoms with Gasteiger partial charge in [0, 0.05) is 18.6 Å². The highest BCUT2D eigenvalue weighted by atomic mass is 35.5. The van der Waals surface area contributed by atoms with Gasteiger partial charge in [-0.25, -0.2) is 9.50 Å². The first-order valence-corrected chi connectivity index (χ1v) is 3.13. The van der Waals surface area contributed by atoms with Crippen molar-refractivity contribution in [2.24, 2.45) is 0 Å². The first-order valence-electron chi connectivity index (χ1n) is 3.13. The number of hydrogen-bond acceptors (Lipinski definition) is 2. The van der Waals surface area contributed by atoms with Gasteiger partial charge >= 0.3 is 0 Å². The molecule has 0 unspecified atom stereocenters. The van der Waals surface area contributed by atoms with Crippen molar-refractivity contribution >= 4 is 18.1 Å². The van der Waals surface area contributed by atoms with Crippen LogP contribution in [-0.4, -0.2) is 14.6 Å². The van der Waals surface area contributed by atoms with Crippen LogP contribution in [0.4, 0.5) is 0 Å². The Morgan fingerprint density at radius 1 is 1.36 bits per heavy atom. The van der Waals surface area contributed by atoms with Crippen molar-refractivity contribution < 1.29 is 0 Å². The molecule has 0 aliphatic rings. The highest BCUT2D eigenvalue weighted by molar-refractivity contribution is 5.85. The minimum absolute atomic E-state index is 0. The van der Waals surface area contributed by atoms with E-state index < -0.39 is 0 Å². The van der Waals surface area contributed by atoms with Gasteiger partial charge in [0.2, 0.25) is 0 Å². The van der Waals surface area contributed by atoms with Crippen LogP contribution >= 0.6 is 12.4 Å². The summed E-state index contributed by atoms with van der Waals surface area (Å²) >= 11 is 0. The molecule has 0 bridgehead atoms. The van der Waals surface area contributed by atoms with Crippen LogP contribution < -0.4 is 0 Å². The molecule has 11 heavy (non-hydrogen) atoms. The zero-order chi connectivity index (χ0) is 6.97. The number of aromatic nitrogens is 3. The van der Waals surface area contributed by atoms with E-state index in [-0.39, 0.29) is 12.4 Å². The first-order chi connectivity index (χ1) is 4.88. The molecule has 2 rings (SSSR count). The molecule has 0 radical (unpaired) electrons. The largest absolute Gasteiger partial charge is 0.235 e. The lowest BCUT2D eigenvalue weighted by molar-refractivity contribution is 0.928. The van der Waals surface area contributed by atoms with Gasteiger partial charge in [-0.05, 0) is 18.6 Å². The Bertz CT molecular complexity index is 355. The van der Waals surface area contributed by atoms with E-state index in [2.05, 4.69) is 10.1 Å². The summed E-state index contributed by atoms with van der Waals surface area (Å²) in [6, 6.07) is 1.95. The van der Waals surface area contributed by atoms with Gasteiger partial charge in [0.25, 0.3) is 0 Å². The van der Waals surface area contributed by atoms with Gasteiger partial charge in [-0.2, -0.15) is 5.10 Å². The smallest absolute Gasteiger partial charge is 0.156 e. The van der Waals surface area contributed by atoms with Gasteiger partial charge in [0.15, 0.2) is 5.65 Å². The Hall–Kier alpha value is -1.09. The van der Waals surface area contributed by atoms with Crippen LogP contribution in [0.25, 0.3) is 5.65 Å². The van der Waals surface area contributed by atoms with E-state index in [9.17, 15) is 0 Å². The molecule has 0 aliphatic heterocycles. The third kappa shape index (κ3) is 1.19. The molecular weight excluding hydrogens is 162 g/mol. The second kappa shape index (κ2) is 2.88. The molecule has 2 aromatic heterocycles. The van der Waals surface area contributed by atoms with Crippen LogP contribution in [0.15, 0.2) is 24.7 Å². The minimum atomic E-state index is 0. The van der Waals surface area contributed by atoms with Gasteiger partial charge in [0.05, 0.1) is 0 Å². The Balaban J connectivity index is 0.000000605. The molecule has 3 nitrogen and oxygen atoms in total. The van der Waals surface area contributed by atoms with Crippen LogP contribution in [0.2, 0.25) is 0 Å². The van der Waals surface area contributed by atoms with Gasteiger partial charge in [-0.15, -0.1) is 12.4 Å². The van der Waals surface area contributed by atoms with E-state index >= 15 is 0 Å². The van der Waals surface area contributed by atoms with Gasteiger partial charge in [-0.1, -0.05) is 0 Å². The summed E-state index contributed by atoms with van der Waals surface area (Å²) in [4.78, 5) is 4.12. The molecule has 58 valence electrons. The molecule has 0 spiro atoms. The highest BCUT2D eigenvalue weighted by Gasteiger charge is 1.94. The van der Waals surface area contributed by atoms with Crippen LogP contribution in [0.3, 0.4) is 0 Å². The Morgan fingerprint density at radius 2 is 2.18 bits per heavy atom. The standard InChI is InChI=1S/C7H7N3.ClH/c1-6-2-3-9-10-5-4-8-7(6)10;/h2-5H,1H3;1H. The maximum absolute atomic E-state index is 4.12. The van der Waals surface area contributed by atoms with Crippen molar-refractivity contribution in [2.45, 2.75) is 6.92 Å². The Labute approximate surface area is 70.5 Å². The van der Waals surface area contributed by atoms with Crippen LogP contribution in [-0.2, 0) is 0 Å². The van der Waals surface area contributed by atoms with Gasteiger partial charge in [-0.3, -0.25) is 0 Å². The zero-order valence-corrected chi connectivity index (χ0v) is 6.88. The van der Waals surface area contributed by atoms with E-state index in [1.54, 1.807) is 16.9 Å². The molecule has 0 saturated carbocycles. The molecule has 0 aliphatic carbocycles. The maximum Gasteiger partial charge on any atom is 0.156 e. The van der Waals surface area contributed by atoms with E-state index in [1.165, 1.54) is 0 Å². The molecule has 0 amide bonds. The average Bonchev–Trinajstić information content (AvgIpc) is 2.36. The second-order valence-electron chi connectivity index (χ2n) is 2.21. The highest BCUT2D eigenvalue weighted by Crippen LogP contribution is 2.02. The molecule has 0 atom stereocenters. The molecule has 0 N–H and O–H groups in total. The van der Waals surface area contributed by atoms with Crippen LogP contribution in [0.5, 0.6) is 0 Å². The predicted octanol–water partition coefficient (Wildman–Crippen LogP) is 1.46. The van der Waals surface area contributed by atoms with E-state index in [0.29, 0.717) is 0 Å². The summed E-state index contributed by atoms with van der Waals surface area (Å²) in [6.45, 7) is 2.02. The van der Waals surface area contributed by atoms with Crippen molar-refractivity contribution in [2.75, 3.05) is 0 Å². The third-order valence-corrected chi connectivity index (χ3v) is 1.49. The minimum Gasteiger partial charge on any atom is -0.235 e. The van der Waals surface area contributed by atoms with E-state index in [1.807, 2.05) is 19.2 Å². The van der Waals surface area contributed by atoms with Crippen LogP contribution in [0, 0.1) is 6.92 Å². The van der Waals surface area contributed by atoms with Crippen molar-refractivity contribution in [1.29, 1.82) is 0 Å². The molecule has 2 heterocycles. The van der Waals surface area contributed by atoms with Crippen molar-refractivity contribution in [3.8, 4) is 0 Å². The number of rotatable bonds is 0. The van der Waals surface area contributed by atoms with Gasteiger partial charge in [0.1, 0.15) is 0 Å². The molecular formula is C7H8ClN3. The maximum atomic E-state index is 4.12. The lowest BCUT2D eigenvalue weighted by Gasteiger charge is -1.92.